The molecule has 0 spiro atoms. The summed E-state index contributed by atoms with van der Waals surface area (Å²) in [6.07, 6.45) is 0.920. The molecule has 0 fully saturated rings. The molecule has 1 aromatic carbocycles. The SMILES string of the molecule is CCCNc1cc(Nc2ccc(F)c(F)c2F)nc(C)n1. The highest BCUT2D eigenvalue weighted by atomic mass is 19.2. The second kappa shape index (κ2) is 6.43. The molecular weight excluding hydrogens is 281 g/mol. The molecule has 0 bridgehead atoms. The Morgan fingerprint density at radius 3 is 2.48 bits per heavy atom. The number of aromatic nitrogens is 2. The molecule has 0 radical (unpaired) electrons. The minimum absolute atomic E-state index is 0.187. The van der Waals surface area contributed by atoms with Crippen LogP contribution in [0.2, 0.25) is 0 Å². The van der Waals surface area contributed by atoms with E-state index in [0.29, 0.717) is 17.5 Å². The van der Waals surface area contributed by atoms with Gasteiger partial charge in [0.25, 0.3) is 0 Å². The molecule has 112 valence electrons. The number of aryl methyl sites for hydroxylation is 1. The van der Waals surface area contributed by atoms with Gasteiger partial charge < -0.3 is 10.6 Å². The van der Waals surface area contributed by atoms with Gasteiger partial charge in [0.2, 0.25) is 0 Å². The molecule has 21 heavy (non-hydrogen) atoms. The van der Waals surface area contributed by atoms with E-state index in [4.69, 9.17) is 0 Å². The molecule has 0 unspecified atom stereocenters. The molecule has 7 heteroatoms. The van der Waals surface area contributed by atoms with Gasteiger partial charge in [0.1, 0.15) is 17.5 Å². The Bertz CT molecular complexity index is 646. The molecule has 2 aromatic rings. The third-order valence-electron chi connectivity index (χ3n) is 2.69. The average molecular weight is 296 g/mol. The zero-order valence-electron chi connectivity index (χ0n) is 11.7. The zero-order chi connectivity index (χ0) is 15.4. The maximum absolute atomic E-state index is 13.6. The molecule has 0 aliphatic carbocycles. The van der Waals surface area contributed by atoms with Crippen LogP contribution >= 0.6 is 0 Å². The van der Waals surface area contributed by atoms with Crippen LogP contribution in [0.3, 0.4) is 0 Å². The lowest BCUT2D eigenvalue weighted by Gasteiger charge is -2.10. The molecule has 0 saturated heterocycles. The van der Waals surface area contributed by atoms with Crippen molar-refractivity contribution in [3.63, 3.8) is 0 Å². The van der Waals surface area contributed by atoms with Gasteiger partial charge in [0.05, 0.1) is 5.69 Å². The fraction of sp³-hybridized carbons (Fsp3) is 0.286. The van der Waals surface area contributed by atoms with Crippen LogP contribution in [0.15, 0.2) is 18.2 Å². The van der Waals surface area contributed by atoms with Gasteiger partial charge >= 0.3 is 0 Å². The first-order chi connectivity index (χ1) is 10.0. The molecule has 0 aliphatic rings. The van der Waals surface area contributed by atoms with E-state index >= 15 is 0 Å². The molecule has 0 aliphatic heterocycles. The standard InChI is InChI=1S/C14H15F3N4/c1-3-6-18-11-7-12(20-8(2)19-11)21-10-5-4-9(15)13(16)14(10)17/h4-5,7H,3,6H2,1-2H3,(H2,18,19,20,21). The largest absolute Gasteiger partial charge is 0.370 e. The third-order valence-corrected chi connectivity index (χ3v) is 2.69. The van der Waals surface area contributed by atoms with Gasteiger partial charge in [-0.1, -0.05) is 6.92 Å². The van der Waals surface area contributed by atoms with Gasteiger partial charge in [-0.25, -0.2) is 23.1 Å². The molecule has 1 heterocycles. The van der Waals surface area contributed by atoms with Crippen LogP contribution < -0.4 is 10.6 Å². The molecule has 2 N–H and O–H groups in total. The van der Waals surface area contributed by atoms with Crippen molar-refractivity contribution < 1.29 is 13.2 Å². The van der Waals surface area contributed by atoms with Crippen molar-refractivity contribution >= 4 is 17.3 Å². The lowest BCUT2D eigenvalue weighted by atomic mass is 10.2. The fourth-order valence-corrected chi connectivity index (χ4v) is 1.74. The molecule has 0 amide bonds. The van der Waals surface area contributed by atoms with E-state index in [-0.39, 0.29) is 5.69 Å². The highest BCUT2D eigenvalue weighted by molar-refractivity contribution is 5.60. The van der Waals surface area contributed by atoms with Gasteiger partial charge in [0.15, 0.2) is 17.5 Å². The van der Waals surface area contributed by atoms with Gasteiger partial charge in [-0.05, 0) is 25.5 Å². The predicted octanol–water partition coefficient (Wildman–Crippen LogP) is 3.77. The Morgan fingerprint density at radius 2 is 1.76 bits per heavy atom. The highest BCUT2D eigenvalue weighted by Gasteiger charge is 2.14. The first-order valence-corrected chi connectivity index (χ1v) is 6.51. The van der Waals surface area contributed by atoms with E-state index in [2.05, 4.69) is 20.6 Å². The van der Waals surface area contributed by atoms with Crippen molar-refractivity contribution in [2.75, 3.05) is 17.2 Å². The van der Waals surface area contributed by atoms with Crippen molar-refractivity contribution in [1.82, 2.24) is 9.97 Å². The van der Waals surface area contributed by atoms with Gasteiger partial charge in [0, 0.05) is 12.6 Å². The minimum atomic E-state index is -1.52. The monoisotopic (exact) mass is 296 g/mol. The molecule has 1 aromatic heterocycles. The second-order valence-corrected chi connectivity index (χ2v) is 4.46. The summed E-state index contributed by atoms with van der Waals surface area (Å²) in [4.78, 5) is 8.26. The van der Waals surface area contributed by atoms with E-state index in [1.165, 1.54) is 0 Å². The molecule has 0 atom stereocenters. The average Bonchev–Trinajstić information content (AvgIpc) is 2.45. The van der Waals surface area contributed by atoms with Crippen LogP contribution in [0.5, 0.6) is 0 Å². The fourth-order valence-electron chi connectivity index (χ4n) is 1.74. The first kappa shape index (κ1) is 15.1. The van der Waals surface area contributed by atoms with Gasteiger partial charge in [-0.3, -0.25) is 0 Å². The summed E-state index contributed by atoms with van der Waals surface area (Å²) < 4.78 is 39.7. The summed E-state index contributed by atoms with van der Waals surface area (Å²) in [5.41, 5.74) is -0.187. The predicted molar refractivity (Wildman–Crippen MR) is 75.1 cm³/mol. The molecule has 4 nitrogen and oxygen atoms in total. The zero-order valence-corrected chi connectivity index (χ0v) is 11.7. The van der Waals surface area contributed by atoms with Crippen LogP contribution in [-0.2, 0) is 0 Å². The van der Waals surface area contributed by atoms with Crippen LogP contribution in [0, 0.1) is 24.4 Å². The first-order valence-electron chi connectivity index (χ1n) is 6.51. The summed E-state index contributed by atoms with van der Waals surface area (Å²) in [5, 5.41) is 5.70. The van der Waals surface area contributed by atoms with Crippen molar-refractivity contribution in [2.45, 2.75) is 20.3 Å². The van der Waals surface area contributed by atoms with Crippen molar-refractivity contribution in [3.8, 4) is 0 Å². The lowest BCUT2D eigenvalue weighted by molar-refractivity contribution is 0.449. The van der Waals surface area contributed by atoms with Crippen molar-refractivity contribution in [3.05, 3.63) is 41.5 Å². The highest BCUT2D eigenvalue weighted by Crippen LogP contribution is 2.23. The molecular formula is C14H15F3N4. The van der Waals surface area contributed by atoms with Crippen LogP contribution in [-0.4, -0.2) is 16.5 Å². The Hall–Kier alpha value is -2.31. The lowest BCUT2D eigenvalue weighted by Crippen LogP contribution is -2.06. The van der Waals surface area contributed by atoms with E-state index in [1.54, 1.807) is 13.0 Å². The van der Waals surface area contributed by atoms with E-state index in [9.17, 15) is 13.2 Å². The van der Waals surface area contributed by atoms with Crippen LogP contribution in [0.25, 0.3) is 0 Å². The Labute approximate surface area is 120 Å². The summed E-state index contributed by atoms with van der Waals surface area (Å²) in [7, 11) is 0. The van der Waals surface area contributed by atoms with E-state index in [0.717, 1.165) is 25.1 Å². The number of hydrogen-bond donors (Lipinski definition) is 2. The quantitative estimate of drug-likeness (QED) is 0.825. The van der Waals surface area contributed by atoms with Crippen LogP contribution in [0.4, 0.5) is 30.5 Å². The maximum atomic E-state index is 13.6. The molecule has 2 rings (SSSR count). The van der Waals surface area contributed by atoms with E-state index < -0.39 is 17.5 Å². The summed E-state index contributed by atoms with van der Waals surface area (Å²) in [6.45, 7) is 4.43. The smallest absolute Gasteiger partial charge is 0.196 e. The van der Waals surface area contributed by atoms with Gasteiger partial charge in [-0.2, -0.15) is 0 Å². The van der Waals surface area contributed by atoms with E-state index in [1.807, 2.05) is 6.92 Å². The van der Waals surface area contributed by atoms with Crippen molar-refractivity contribution in [2.24, 2.45) is 0 Å². The summed E-state index contributed by atoms with van der Waals surface area (Å²) in [5.74, 6) is -2.69. The number of anilines is 3. The van der Waals surface area contributed by atoms with Gasteiger partial charge in [-0.15, -0.1) is 0 Å². The Morgan fingerprint density at radius 1 is 1.05 bits per heavy atom. The summed E-state index contributed by atoms with van der Waals surface area (Å²) >= 11 is 0. The number of nitrogens with one attached hydrogen (secondary N) is 2. The number of rotatable bonds is 5. The maximum Gasteiger partial charge on any atom is 0.196 e. The number of hydrogen-bond acceptors (Lipinski definition) is 4. The minimum Gasteiger partial charge on any atom is -0.370 e. The number of nitrogens with zero attached hydrogens (tertiary/aromatic N) is 2. The topological polar surface area (TPSA) is 49.8 Å². The normalized spacial score (nSPS) is 10.5. The summed E-state index contributed by atoms with van der Waals surface area (Å²) in [6, 6.07) is 3.54. The third kappa shape index (κ3) is 3.62. The number of benzene rings is 1. The second-order valence-electron chi connectivity index (χ2n) is 4.46. The van der Waals surface area contributed by atoms with Crippen LogP contribution in [0.1, 0.15) is 19.2 Å². The Kier molecular flexibility index (Phi) is 4.62. The Balaban J connectivity index is 2.27. The number of halogens is 3. The van der Waals surface area contributed by atoms with Crippen molar-refractivity contribution in [1.29, 1.82) is 0 Å². The molecule has 0 saturated carbocycles.